The van der Waals surface area contributed by atoms with Crippen molar-refractivity contribution in [2.24, 2.45) is 5.92 Å². The lowest BCUT2D eigenvalue weighted by atomic mass is 10.1. The van der Waals surface area contributed by atoms with Crippen molar-refractivity contribution in [3.05, 3.63) is 29.8 Å². The van der Waals surface area contributed by atoms with Crippen LogP contribution in [0.4, 0.5) is 0 Å². The van der Waals surface area contributed by atoms with Gasteiger partial charge in [-0.15, -0.1) is 0 Å². The first-order valence-corrected chi connectivity index (χ1v) is 7.87. The molecule has 0 bridgehead atoms. The summed E-state index contributed by atoms with van der Waals surface area (Å²) in [6, 6.07) is 5.48. The molecule has 0 aliphatic rings. The highest BCUT2D eigenvalue weighted by atomic mass is 32.2. The summed E-state index contributed by atoms with van der Waals surface area (Å²) < 4.78 is 25.9. The molecule has 0 radical (unpaired) electrons. The molecule has 0 unspecified atom stereocenters. The van der Waals surface area contributed by atoms with Crippen molar-refractivity contribution in [2.45, 2.75) is 38.5 Å². The molecule has 1 amide bonds. The van der Waals surface area contributed by atoms with Gasteiger partial charge in [-0.1, -0.05) is 26.0 Å². The molecule has 1 aromatic carbocycles. The molecular formula is C14H19NO4S. The van der Waals surface area contributed by atoms with Gasteiger partial charge in [-0.3, -0.25) is 9.59 Å². The number of carbonyl (C=O) groups excluding carboxylic acids is 2. The average molecular weight is 297 g/mol. The van der Waals surface area contributed by atoms with Crippen molar-refractivity contribution in [2.75, 3.05) is 0 Å². The lowest BCUT2D eigenvalue weighted by molar-refractivity contribution is -0.119. The molecule has 0 fully saturated rings. The fraction of sp³-hybridized carbons (Fsp3) is 0.429. The highest BCUT2D eigenvalue weighted by Crippen LogP contribution is 2.12. The van der Waals surface area contributed by atoms with Gasteiger partial charge in [0.1, 0.15) is 0 Å². The molecule has 0 aliphatic carbocycles. The van der Waals surface area contributed by atoms with E-state index in [-0.39, 0.29) is 17.1 Å². The van der Waals surface area contributed by atoms with Crippen LogP contribution in [0.5, 0.6) is 0 Å². The van der Waals surface area contributed by atoms with E-state index in [1.165, 1.54) is 31.2 Å². The number of amides is 1. The monoisotopic (exact) mass is 297 g/mol. The van der Waals surface area contributed by atoms with Gasteiger partial charge in [0.2, 0.25) is 5.91 Å². The third-order valence-corrected chi connectivity index (χ3v) is 4.16. The molecule has 20 heavy (non-hydrogen) atoms. The van der Waals surface area contributed by atoms with Gasteiger partial charge in [0.15, 0.2) is 5.78 Å². The first-order chi connectivity index (χ1) is 9.22. The number of hydrogen-bond acceptors (Lipinski definition) is 4. The molecule has 5 nitrogen and oxygen atoms in total. The second-order valence-electron chi connectivity index (χ2n) is 5.04. The Morgan fingerprint density at radius 3 is 2.15 bits per heavy atom. The Morgan fingerprint density at radius 1 is 1.15 bits per heavy atom. The van der Waals surface area contributed by atoms with Crippen molar-refractivity contribution < 1.29 is 18.0 Å². The van der Waals surface area contributed by atoms with E-state index in [4.69, 9.17) is 0 Å². The predicted molar refractivity (Wildman–Crippen MR) is 75.8 cm³/mol. The quantitative estimate of drug-likeness (QED) is 0.816. The zero-order valence-corrected chi connectivity index (χ0v) is 12.7. The van der Waals surface area contributed by atoms with Crippen LogP contribution in [0, 0.1) is 5.92 Å². The molecule has 0 aromatic heterocycles. The van der Waals surface area contributed by atoms with Crippen LogP contribution >= 0.6 is 0 Å². The summed E-state index contributed by atoms with van der Waals surface area (Å²) in [4.78, 5) is 22.7. The number of ketones is 1. The average Bonchev–Trinajstić information content (AvgIpc) is 2.36. The Morgan fingerprint density at radius 2 is 1.70 bits per heavy atom. The van der Waals surface area contributed by atoms with Crippen LogP contribution in [0.25, 0.3) is 0 Å². The molecule has 0 saturated heterocycles. The second-order valence-corrected chi connectivity index (χ2v) is 6.72. The van der Waals surface area contributed by atoms with Crippen molar-refractivity contribution >= 4 is 21.7 Å². The number of Topliss-reactive ketones (excluding diaryl/α,β-unsaturated/α-hetero) is 1. The van der Waals surface area contributed by atoms with Crippen LogP contribution in [0.1, 0.15) is 44.0 Å². The highest BCUT2D eigenvalue weighted by Gasteiger charge is 2.17. The minimum Gasteiger partial charge on any atom is -0.295 e. The number of hydrogen-bond donors (Lipinski definition) is 1. The summed E-state index contributed by atoms with van der Waals surface area (Å²) in [6.07, 6.45) is 0.799. The Bertz CT molecular complexity index is 588. The molecule has 0 heterocycles. The minimum absolute atomic E-state index is 0.0274. The Balaban J connectivity index is 2.78. The number of rotatable bonds is 6. The van der Waals surface area contributed by atoms with Crippen LogP contribution in [0.3, 0.4) is 0 Å². The highest BCUT2D eigenvalue weighted by molar-refractivity contribution is 7.90. The maximum absolute atomic E-state index is 12.0. The molecule has 1 aromatic rings. The maximum Gasteiger partial charge on any atom is 0.264 e. The molecule has 6 heteroatoms. The van der Waals surface area contributed by atoms with Gasteiger partial charge in [-0.05, 0) is 31.4 Å². The van der Waals surface area contributed by atoms with E-state index in [0.717, 1.165) is 0 Å². The van der Waals surface area contributed by atoms with E-state index in [9.17, 15) is 18.0 Å². The summed E-state index contributed by atoms with van der Waals surface area (Å²) in [5.41, 5.74) is 0.426. The smallest absolute Gasteiger partial charge is 0.264 e. The van der Waals surface area contributed by atoms with E-state index in [1.807, 2.05) is 18.6 Å². The molecule has 1 N–H and O–H groups in total. The summed E-state index contributed by atoms with van der Waals surface area (Å²) >= 11 is 0. The zero-order valence-electron chi connectivity index (χ0n) is 11.8. The standard InChI is InChI=1S/C14H19NO4S/c1-10(2)4-9-14(17)15-20(18,19)13-7-5-12(6-8-13)11(3)16/h5-8,10H,4,9H2,1-3H3,(H,15,17). The van der Waals surface area contributed by atoms with Gasteiger partial charge in [-0.2, -0.15) is 0 Å². The summed E-state index contributed by atoms with van der Waals surface area (Å²) in [5.74, 6) is -0.331. The molecule has 0 aliphatic heterocycles. The number of nitrogens with one attached hydrogen (secondary N) is 1. The first kappa shape index (κ1) is 16.4. The fourth-order valence-electron chi connectivity index (χ4n) is 1.55. The summed E-state index contributed by atoms with van der Waals surface area (Å²) in [5, 5.41) is 0. The van der Waals surface area contributed by atoms with Gasteiger partial charge >= 0.3 is 0 Å². The molecule has 0 spiro atoms. The topological polar surface area (TPSA) is 80.3 Å². The van der Waals surface area contributed by atoms with Gasteiger partial charge < -0.3 is 0 Å². The van der Waals surface area contributed by atoms with Crippen LogP contribution in [-0.4, -0.2) is 20.1 Å². The largest absolute Gasteiger partial charge is 0.295 e. The van der Waals surface area contributed by atoms with E-state index in [0.29, 0.717) is 17.9 Å². The van der Waals surface area contributed by atoms with Crippen LogP contribution in [0.15, 0.2) is 29.2 Å². The molecular weight excluding hydrogens is 278 g/mol. The minimum atomic E-state index is -3.86. The van der Waals surface area contributed by atoms with E-state index >= 15 is 0 Å². The van der Waals surface area contributed by atoms with Gasteiger partial charge in [0.05, 0.1) is 4.90 Å². The predicted octanol–water partition coefficient (Wildman–Crippen LogP) is 2.13. The van der Waals surface area contributed by atoms with E-state index in [1.54, 1.807) is 0 Å². The SMILES string of the molecule is CC(=O)c1ccc(S(=O)(=O)NC(=O)CCC(C)C)cc1. The molecule has 1 rings (SSSR count). The number of sulfonamides is 1. The number of carbonyl (C=O) groups is 2. The van der Waals surface area contributed by atoms with Gasteiger partial charge in [-0.25, -0.2) is 13.1 Å². The molecule has 0 atom stereocenters. The third kappa shape index (κ3) is 4.77. The number of benzene rings is 1. The molecule has 0 saturated carbocycles. The summed E-state index contributed by atoms with van der Waals surface area (Å²) in [7, 11) is -3.86. The van der Waals surface area contributed by atoms with Crippen molar-refractivity contribution in [3.63, 3.8) is 0 Å². The lowest BCUT2D eigenvalue weighted by Crippen LogP contribution is -2.30. The van der Waals surface area contributed by atoms with Crippen molar-refractivity contribution in [3.8, 4) is 0 Å². The maximum atomic E-state index is 12.0. The van der Waals surface area contributed by atoms with Crippen LogP contribution in [0.2, 0.25) is 0 Å². The van der Waals surface area contributed by atoms with Gasteiger partial charge in [0, 0.05) is 12.0 Å². The Hall–Kier alpha value is -1.69. The van der Waals surface area contributed by atoms with Crippen LogP contribution in [-0.2, 0) is 14.8 Å². The zero-order chi connectivity index (χ0) is 15.3. The second kappa shape index (κ2) is 6.65. The molecule has 110 valence electrons. The van der Waals surface area contributed by atoms with E-state index in [2.05, 4.69) is 0 Å². The Kier molecular flexibility index (Phi) is 5.44. The van der Waals surface area contributed by atoms with Crippen molar-refractivity contribution in [1.29, 1.82) is 0 Å². The normalized spacial score (nSPS) is 11.4. The van der Waals surface area contributed by atoms with Gasteiger partial charge in [0.25, 0.3) is 10.0 Å². The van der Waals surface area contributed by atoms with Crippen molar-refractivity contribution in [1.82, 2.24) is 4.72 Å². The first-order valence-electron chi connectivity index (χ1n) is 6.39. The van der Waals surface area contributed by atoms with Crippen LogP contribution < -0.4 is 4.72 Å². The summed E-state index contributed by atoms with van der Waals surface area (Å²) in [6.45, 7) is 5.32. The Labute approximate surface area is 119 Å². The third-order valence-electron chi connectivity index (χ3n) is 2.77. The fourth-order valence-corrected chi connectivity index (χ4v) is 2.56. The lowest BCUT2D eigenvalue weighted by Gasteiger charge is -2.08. The van der Waals surface area contributed by atoms with E-state index < -0.39 is 15.9 Å².